The first-order valence-corrected chi connectivity index (χ1v) is 11.1. The Balaban J connectivity index is 1.85. The Morgan fingerprint density at radius 2 is 1.48 bits per heavy atom. The minimum Gasteiger partial charge on any atom is -0.444 e. The Hall–Kier alpha value is -2.91. The van der Waals surface area contributed by atoms with Crippen molar-refractivity contribution in [3.63, 3.8) is 0 Å². The van der Waals surface area contributed by atoms with Gasteiger partial charge in [-0.3, -0.25) is 4.79 Å². The van der Waals surface area contributed by atoms with E-state index in [0.29, 0.717) is 21.3 Å². The number of nitrogens with two attached hydrogens (primary N) is 1. The van der Waals surface area contributed by atoms with Crippen molar-refractivity contribution in [2.75, 3.05) is 5.32 Å². The summed E-state index contributed by atoms with van der Waals surface area (Å²) in [6, 6.07) is 17.8. The minimum absolute atomic E-state index is 0.0481. The van der Waals surface area contributed by atoms with Gasteiger partial charge in [-0.25, -0.2) is 18.4 Å². The van der Waals surface area contributed by atoms with Crippen LogP contribution in [0.2, 0.25) is 10.0 Å². The van der Waals surface area contributed by atoms with E-state index < -0.39 is 28.0 Å². The van der Waals surface area contributed by atoms with Gasteiger partial charge >= 0.3 is 5.97 Å². The molecule has 3 N–H and O–H groups in total. The molecule has 0 saturated heterocycles. The number of benzene rings is 3. The zero-order chi connectivity index (χ0) is 22.6. The number of hydrogen-bond donors (Lipinski definition) is 2. The fourth-order valence-electron chi connectivity index (χ4n) is 2.69. The lowest BCUT2D eigenvalue weighted by molar-refractivity contribution is -0.125. The van der Waals surface area contributed by atoms with Gasteiger partial charge in [-0.1, -0.05) is 53.5 Å². The van der Waals surface area contributed by atoms with E-state index in [0.717, 1.165) is 0 Å². The molecule has 0 heterocycles. The van der Waals surface area contributed by atoms with Crippen LogP contribution >= 0.6 is 23.2 Å². The zero-order valence-corrected chi connectivity index (χ0v) is 18.1. The largest absolute Gasteiger partial charge is 0.444 e. The van der Waals surface area contributed by atoms with Crippen molar-refractivity contribution >= 4 is 50.8 Å². The van der Waals surface area contributed by atoms with Crippen LogP contribution in [0.15, 0.2) is 77.7 Å². The molecule has 0 bridgehead atoms. The third-order valence-electron chi connectivity index (χ3n) is 4.11. The highest BCUT2D eigenvalue weighted by molar-refractivity contribution is 7.89. The fourth-order valence-corrected chi connectivity index (χ4v) is 3.73. The summed E-state index contributed by atoms with van der Waals surface area (Å²) < 4.78 is 28.2. The predicted octanol–water partition coefficient (Wildman–Crippen LogP) is 4.18. The Morgan fingerprint density at radius 1 is 0.903 bits per heavy atom. The van der Waals surface area contributed by atoms with Gasteiger partial charge in [-0.05, 0) is 42.5 Å². The van der Waals surface area contributed by atoms with Crippen molar-refractivity contribution in [2.45, 2.75) is 11.0 Å². The van der Waals surface area contributed by atoms with Crippen LogP contribution in [-0.2, 0) is 19.6 Å². The molecule has 3 aromatic rings. The van der Waals surface area contributed by atoms with Crippen LogP contribution in [0.25, 0.3) is 0 Å². The maximum absolute atomic E-state index is 12.9. The maximum atomic E-state index is 12.9. The van der Waals surface area contributed by atoms with Crippen LogP contribution in [0.4, 0.5) is 5.69 Å². The fraction of sp³-hybridized carbons (Fsp3) is 0.0476. The lowest BCUT2D eigenvalue weighted by Gasteiger charge is -2.18. The van der Waals surface area contributed by atoms with E-state index in [1.807, 2.05) is 0 Å². The highest BCUT2D eigenvalue weighted by Crippen LogP contribution is 2.26. The van der Waals surface area contributed by atoms with E-state index in [4.69, 9.17) is 33.1 Å². The number of halogens is 2. The number of carbonyl (C=O) groups is 2. The number of carbonyl (C=O) groups excluding carboxylic acids is 2. The van der Waals surface area contributed by atoms with Crippen LogP contribution in [0.5, 0.6) is 0 Å². The molecule has 3 aromatic carbocycles. The number of nitrogens with one attached hydrogen (secondary N) is 1. The number of ether oxygens (including phenoxy) is 1. The van der Waals surface area contributed by atoms with Crippen molar-refractivity contribution in [2.24, 2.45) is 5.14 Å². The van der Waals surface area contributed by atoms with E-state index in [1.54, 1.807) is 30.3 Å². The lowest BCUT2D eigenvalue weighted by Crippen LogP contribution is -2.26. The third-order valence-corrected chi connectivity index (χ3v) is 5.48. The van der Waals surface area contributed by atoms with Gasteiger partial charge in [0.15, 0.2) is 0 Å². The molecular formula is C21H16Cl2N2O5S. The second-order valence-corrected chi connectivity index (χ2v) is 8.85. The molecular weight excluding hydrogens is 463 g/mol. The SMILES string of the molecule is NS(=O)(=O)c1ccc(C(=O)OC(C(=O)Nc2cc(Cl)cc(Cl)c2)c2ccccc2)cc1. The van der Waals surface area contributed by atoms with E-state index in [-0.39, 0.29) is 10.5 Å². The van der Waals surface area contributed by atoms with Gasteiger partial charge in [-0.2, -0.15) is 0 Å². The van der Waals surface area contributed by atoms with E-state index in [9.17, 15) is 18.0 Å². The molecule has 31 heavy (non-hydrogen) atoms. The maximum Gasteiger partial charge on any atom is 0.339 e. The first-order chi connectivity index (χ1) is 14.6. The molecule has 0 spiro atoms. The second-order valence-electron chi connectivity index (χ2n) is 6.41. The Labute approximate surface area is 188 Å². The quantitative estimate of drug-likeness (QED) is 0.515. The number of rotatable bonds is 6. The molecule has 1 amide bonds. The lowest BCUT2D eigenvalue weighted by atomic mass is 10.1. The van der Waals surface area contributed by atoms with Crippen molar-refractivity contribution in [1.29, 1.82) is 0 Å². The van der Waals surface area contributed by atoms with Crippen LogP contribution in [0.1, 0.15) is 22.0 Å². The molecule has 0 aliphatic rings. The van der Waals surface area contributed by atoms with Gasteiger partial charge in [0.05, 0.1) is 10.5 Å². The van der Waals surface area contributed by atoms with Gasteiger partial charge in [0, 0.05) is 21.3 Å². The molecule has 7 nitrogen and oxygen atoms in total. The van der Waals surface area contributed by atoms with Crippen molar-refractivity contribution < 1.29 is 22.7 Å². The zero-order valence-electron chi connectivity index (χ0n) is 15.8. The molecule has 1 unspecified atom stereocenters. The number of hydrogen-bond acceptors (Lipinski definition) is 5. The topological polar surface area (TPSA) is 116 Å². The van der Waals surface area contributed by atoms with Gasteiger partial charge < -0.3 is 10.1 Å². The average Bonchev–Trinajstić information content (AvgIpc) is 2.71. The summed E-state index contributed by atoms with van der Waals surface area (Å²) in [5.74, 6) is -1.45. The summed E-state index contributed by atoms with van der Waals surface area (Å²) in [7, 11) is -3.90. The smallest absolute Gasteiger partial charge is 0.339 e. The molecule has 0 aliphatic heterocycles. The number of anilines is 1. The van der Waals surface area contributed by atoms with Crippen LogP contribution in [0, 0.1) is 0 Å². The normalized spacial score (nSPS) is 12.1. The van der Waals surface area contributed by atoms with E-state index in [2.05, 4.69) is 5.32 Å². The molecule has 3 rings (SSSR count). The first-order valence-electron chi connectivity index (χ1n) is 8.79. The average molecular weight is 479 g/mol. The van der Waals surface area contributed by atoms with Gasteiger partial charge in [0.25, 0.3) is 5.91 Å². The molecule has 0 saturated carbocycles. The molecule has 0 fully saturated rings. The number of amides is 1. The van der Waals surface area contributed by atoms with E-state index in [1.165, 1.54) is 42.5 Å². The molecule has 0 aromatic heterocycles. The molecule has 10 heteroatoms. The standard InChI is InChI=1S/C21H16Cl2N2O5S/c22-15-10-16(23)12-17(11-15)25-20(26)19(13-4-2-1-3-5-13)30-21(27)14-6-8-18(9-7-14)31(24,28)29/h1-12,19H,(H,25,26)(H2,24,28,29). The summed E-state index contributed by atoms with van der Waals surface area (Å²) in [5.41, 5.74) is 0.812. The monoisotopic (exact) mass is 478 g/mol. The highest BCUT2D eigenvalue weighted by atomic mass is 35.5. The van der Waals surface area contributed by atoms with Crippen molar-refractivity contribution in [3.8, 4) is 0 Å². The summed E-state index contributed by atoms with van der Waals surface area (Å²) in [5, 5.41) is 8.34. The molecule has 160 valence electrons. The van der Waals surface area contributed by atoms with Crippen LogP contribution in [-0.4, -0.2) is 20.3 Å². The first kappa shape index (κ1) is 22.8. The van der Waals surface area contributed by atoms with E-state index >= 15 is 0 Å². The summed E-state index contributed by atoms with van der Waals surface area (Å²) in [6.07, 6.45) is -1.29. The van der Waals surface area contributed by atoms with Gasteiger partial charge in [0.1, 0.15) is 0 Å². The van der Waals surface area contributed by atoms with Crippen molar-refractivity contribution in [3.05, 3.63) is 94.0 Å². The Morgan fingerprint density at radius 3 is 2.03 bits per heavy atom. The summed E-state index contributed by atoms with van der Waals surface area (Å²) in [4.78, 5) is 25.4. The third kappa shape index (κ3) is 6.05. The van der Waals surface area contributed by atoms with Crippen molar-refractivity contribution in [1.82, 2.24) is 0 Å². The Kier molecular flexibility index (Phi) is 6.97. The highest BCUT2D eigenvalue weighted by Gasteiger charge is 2.26. The second kappa shape index (κ2) is 9.49. The van der Waals surface area contributed by atoms with Crippen LogP contribution in [0.3, 0.4) is 0 Å². The minimum atomic E-state index is -3.90. The summed E-state index contributed by atoms with van der Waals surface area (Å²) in [6.45, 7) is 0. The molecule has 1 atom stereocenters. The Bertz CT molecular complexity index is 1200. The number of esters is 1. The molecule has 0 radical (unpaired) electrons. The predicted molar refractivity (Wildman–Crippen MR) is 118 cm³/mol. The van der Waals surface area contributed by atoms with Crippen LogP contribution < -0.4 is 10.5 Å². The summed E-state index contributed by atoms with van der Waals surface area (Å²) >= 11 is 11.9. The number of sulfonamides is 1. The van der Waals surface area contributed by atoms with Gasteiger partial charge in [-0.15, -0.1) is 0 Å². The molecule has 0 aliphatic carbocycles. The van der Waals surface area contributed by atoms with Gasteiger partial charge in [0.2, 0.25) is 16.1 Å². The number of primary sulfonamides is 1.